The predicted molar refractivity (Wildman–Crippen MR) is 104 cm³/mol. The number of benzene rings is 3. The third-order valence-corrected chi connectivity index (χ3v) is 4.68. The van der Waals surface area contributed by atoms with E-state index in [9.17, 15) is 0 Å². The van der Waals surface area contributed by atoms with Crippen LogP contribution in [0.1, 0.15) is 28.4 Å². The second-order valence-electron chi connectivity index (χ2n) is 6.44. The maximum absolute atomic E-state index is 4.36. The van der Waals surface area contributed by atoms with Gasteiger partial charge in [0, 0.05) is 18.9 Å². The van der Waals surface area contributed by atoms with Crippen LogP contribution in [0.3, 0.4) is 0 Å². The van der Waals surface area contributed by atoms with E-state index in [0.29, 0.717) is 0 Å². The van der Waals surface area contributed by atoms with Crippen molar-refractivity contribution in [2.24, 2.45) is 0 Å². The summed E-state index contributed by atoms with van der Waals surface area (Å²) in [5, 5.41) is 8.54. The van der Waals surface area contributed by atoms with Gasteiger partial charge in [0.25, 0.3) is 0 Å². The average molecular weight is 339 g/mol. The van der Waals surface area contributed by atoms with Crippen molar-refractivity contribution in [3.8, 4) is 0 Å². The molecule has 0 spiro atoms. The number of hydrogen-bond donors (Lipinski definition) is 0. The highest BCUT2D eigenvalue weighted by Gasteiger charge is 2.17. The van der Waals surface area contributed by atoms with Crippen LogP contribution in [0.4, 0.5) is 0 Å². The standard InChI is InChI=1S/C23H21N3/c1-4-10-19(11-5-1)16-23-25-24-18-26(23)17-22(20-12-6-2-7-13-20)21-14-8-3-9-15-21/h1-15,18,22H,16-17H2. The van der Waals surface area contributed by atoms with Gasteiger partial charge in [-0.3, -0.25) is 0 Å². The molecule has 0 bridgehead atoms. The Morgan fingerprint density at radius 3 is 1.81 bits per heavy atom. The molecule has 4 rings (SSSR count). The molecule has 3 heteroatoms. The summed E-state index contributed by atoms with van der Waals surface area (Å²) in [6.45, 7) is 0.823. The molecular weight excluding hydrogens is 318 g/mol. The van der Waals surface area contributed by atoms with Crippen LogP contribution in [0.25, 0.3) is 0 Å². The number of hydrogen-bond acceptors (Lipinski definition) is 2. The van der Waals surface area contributed by atoms with Gasteiger partial charge in [-0.2, -0.15) is 0 Å². The maximum atomic E-state index is 4.36. The predicted octanol–water partition coefficient (Wildman–Crippen LogP) is 4.70. The van der Waals surface area contributed by atoms with E-state index < -0.39 is 0 Å². The van der Waals surface area contributed by atoms with Gasteiger partial charge in [0.05, 0.1) is 0 Å². The quantitative estimate of drug-likeness (QED) is 0.510. The first kappa shape index (κ1) is 16.3. The van der Waals surface area contributed by atoms with E-state index in [-0.39, 0.29) is 5.92 Å². The second kappa shape index (κ2) is 7.79. The molecule has 26 heavy (non-hydrogen) atoms. The minimum absolute atomic E-state index is 0.267. The highest BCUT2D eigenvalue weighted by Crippen LogP contribution is 2.26. The third kappa shape index (κ3) is 3.72. The zero-order valence-electron chi connectivity index (χ0n) is 14.6. The van der Waals surface area contributed by atoms with Gasteiger partial charge in [0.2, 0.25) is 0 Å². The van der Waals surface area contributed by atoms with Gasteiger partial charge < -0.3 is 4.57 Å². The van der Waals surface area contributed by atoms with Gasteiger partial charge in [-0.1, -0.05) is 91.0 Å². The van der Waals surface area contributed by atoms with Crippen molar-refractivity contribution < 1.29 is 0 Å². The SMILES string of the molecule is c1ccc(Cc2nncn2CC(c2ccccc2)c2ccccc2)cc1. The summed E-state index contributed by atoms with van der Waals surface area (Å²) in [4.78, 5) is 0. The molecule has 0 atom stereocenters. The molecule has 0 amide bonds. The van der Waals surface area contributed by atoms with Gasteiger partial charge in [-0.05, 0) is 16.7 Å². The van der Waals surface area contributed by atoms with Crippen LogP contribution in [-0.4, -0.2) is 14.8 Å². The molecule has 128 valence electrons. The monoisotopic (exact) mass is 339 g/mol. The Kier molecular flexibility index (Phi) is 4.88. The van der Waals surface area contributed by atoms with E-state index in [0.717, 1.165) is 18.8 Å². The molecule has 0 aliphatic rings. The summed E-state index contributed by atoms with van der Waals surface area (Å²) < 4.78 is 2.18. The zero-order chi connectivity index (χ0) is 17.6. The first-order valence-electron chi connectivity index (χ1n) is 8.90. The van der Waals surface area contributed by atoms with Crippen LogP contribution in [-0.2, 0) is 13.0 Å². The van der Waals surface area contributed by atoms with Crippen molar-refractivity contribution in [2.75, 3.05) is 0 Å². The fourth-order valence-corrected chi connectivity index (χ4v) is 3.32. The van der Waals surface area contributed by atoms with Crippen LogP contribution in [0.2, 0.25) is 0 Å². The van der Waals surface area contributed by atoms with E-state index in [1.807, 2.05) is 12.4 Å². The molecule has 0 N–H and O–H groups in total. The average Bonchev–Trinajstić information content (AvgIpc) is 3.15. The number of nitrogens with zero attached hydrogens (tertiary/aromatic N) is 3. The zero-order valence-corrected chi connectivity index (χ0v) is 14.6. The van der Waals surface area contributed by atoms with Gasteiger partial charge >= 0.3 is 0 Å². The molecule has 3 aromatic carbocycles. The highest BCUT2D eigenvalue weighted by molar-refractivity contribution is 5.32. The molecule has 0 unspecified atom stereocenters. The smallest absolute Gasteiger partial charge is 0.137 e. The Hall–Kier alpha value is -3.20. The minimum Gasteiger partial charge on any atom is -0.316 e. The van der Waals surface area contributed by atoms with Crippen molar-refractivity contribution in [2.45, 2.75) is 18.9 Å². The molecule has 4 aromatic rings. The topological polar surface area (TPSA) is 30.7 Å². The van der Waals surface area contributed by atoms with Crippen LogP contribution < -0.4 is 0 Å². The first-order chi connectivity index (χ1) is 12.9. The summed E-state index contributed by atoms with van der Waals surface area (Å²) in [5.41, 5.74) is 3.86. The Morgan fingerprint density at radius 2 is 1.23 bits per heavy atom. The lowest BCUT2D eigenvalue weighted by molar-refractivity contribution is 0.600. The van der Waals surface area contributed by atoms with Crippen molar-refractivity contribution in [3.05, 3.63) is 120 Å². The van der Waals surface area contributed by atoms with E-state index in [1.54, 1.807) is 0 Å². The Morgan fingerprint density at radius 1 is 0.692 bits per heavy atom. The molecular formula is C23H21N3. The lowest BCUT2D eigenvalue weighted by Gasteiger charge is -2.19. The fraction of sp³-hybridized carbons (Fsp3) is 0.130. The van der Waals surface area contributed by atoms with E-state index in [1.165, 1.54) is 16.7 Å². The molecule has 0 radical (unpaired) electrons. The summed E-state index contributed by atoms with van der Waals surface area (Å²) in [6, 6.07) is 31.7. The Balaban J connectivity index is 1.64. The molecule has 0 saturated carbocycles. The fourth-order valence-electron chi connectivity index (χ4n) is 3.32. The molecule has 0 aliphatic carbocycles. The minimum atomic E-state index is 0.267. The number of aromatic nitrogens is 3. The lowest BCUT2D eigenvalue weighted by atomic mass is 9.91. The number of rotatable bonds is 6. The van der Waals surface area contributed by atoms with Crippen LogP contribution >= 0.6 is 0 Å². The summed E-state index contributed by atoms with van der Waals surface area (Å²) >= 11 is 0. The van der Waals surface area contributed by atoms with Crippen molar-refractivity contribution >= 4 is 0 Å². The molecule has 0 saturated heterocycles. The van der Waals surface area contributed by atoms with Crippen LogP contribution in [0, 0.1) is 0 Å². The van der Waals surface area contributed by atoms with Gasteiger partial charge in [0.15, 0.2) is 0 Å². The van der Waals surface area contributed by atoms with E-state index in [4.69, 9.17) is 0 Å². The normalized spacial score (nSPS) is 11.0. The summed E-state index contributed by atoms with van der Waals surface area (Å²) in [6.07, 6.45) is 2.63. The molecule has 0 aliphatic heterocycles. The Bertz CT molecular complexity index is 891. The van der Waals surface area contributed by atoms with Gasteiger partial charge in [-0.15, -0.1) is 10.2 Å². The van der Waals surface area contributed by atoms with Crippen LogP contribution in [0.5, 0.6) is 0 Å². The first-order valence-corrected chi connectivity index (χ1v) is 8.90. The van der Waals surface area contributed by atoms with Crippen molar-refractivity contribution in [3.63, 3.8) is 0 Å². The summed E-state index contributed by atoms with van der Waals surface area (Å²) in [7, 11) is 0. The van der Waals surface area contributed by atoms with Gasteiger partial charge in [0.1, 0.15) is 12.2 Å². The largest absolute Gasteiger partial charge is 0.316 e. The second-order valence-corrected chi connectivity index (χ2v) is 6.44. The van der Waals surface area contributed by atoms with E-state index >= 15 is 0 Å². The van der Waals surface area contributed by atoms with Crippen molar-refractivity contribution in [1.82, 2.24) is 14.8 Å². The molecule has 1 heterocycles. The van der Waals surface area contributed by atoms with E-state index in [2.05, 4.69) is 99.7 Å². The molecule has 0 fully saturated rings. The van der Waals surface area contributed by atoms with Crippen LogP contribution in [0.15, 0.2) is 97.3 Å². The highest BCUT2D eigenvalue weighted by atomic mass is 15.3. The Labute approximate surface area is 154 Å². The molecule has 3 nitrogen and oxygen atoms in total. The third-order valence-electron chi connectivity index (χ3n) is 4.68. The lowest BCUT2D eigenvalue weighted by Crippen LogP contribution is -2.13. The maximum Gasteiger partial charge on any atom is 0.137 e. The summed E-state index contributed by atoms with van der Waals surface area (Å²) in [5.74, 6) is 1.26. The molecule has 1 aromatic heterocycles. The van der Waals surface area contributed by atoms with Crippen molar-refractivity contribution in [1.29, 1.82) is 0 Å². The van der Waals surface area contributed by atoms with Gasteiger partial charge in [-0.25, -0.2) is 0 Å².